The number of halogens is 1. The first kappa shape index (κ1) is 18.3. The molecule has 1 aromatic carbocycles. The van der Waals surface area contributed by atoms with Crippen molar-refractivity contribution in [2.75, 3.05) is 26.3 Å². The van der Waals surface area contributed by atoms with Gasteiger partial charge in [-0.15, -0.1) is 0 Å². The lowest BCUT2D eigenvalue weighted by Crippen LogP contribution is -2.49. The lowest BCUT2D eigenvalue weighted by molar-refractivity contribution is -0.129. The molecule has 2 fully saturated rings. The van der Waals surface area contributed by atoms with E-state index in [2.05, 4.69) is 10.2 Å². The van der Waals surface area contributed by atoms with E-state index in [1.807, 2.05) is 13.8 Å². The van der Waals surface area contributed by atoms with Gasteiger partial charge in [-0.25, -0.2) is 4.39 Å². The van der Waals surface area contributed by atoms with Gasteiger partial charge in [-0.3, -0.25) is 9.69 Å². The van der Waals surface area contributed by atoms with Crippen molar-refractivity contribution in [3.05, 3.63) is 35.6 Å². The highest BCUT2D eigenvalue weighted by Crippen LogP contribution is 2.26. The molecule has 138 valence electrons. The maximum atomic E-state index is 13.0. The smallest absolute Gasteiger partial charge is 0.237 e. The van der Waals surface area contributed by atoms with Gasteiger partial charge in [0.05, 0.1) is 25.3 Å². The van der Waals surface area contributed by atoms with Gasteiger partial charge >= 0.3 is 0 Å². The van der Waals surface area contributed by atoms with Crippen LogP contribution >= 0.6 is 0 Å². The third-order valence-corrected chi connectivity index (χ3v) is 5.26. The number of hydrogen-bond acceptors (Lipinski definition) is 4. The van der Waals surface area contributed by atoms with Crippen molar-refractivity contribution in [1.82, 2.24) is 10.2 Å². The van der Waals surface area contributed by atoms with E-state index in [1.54, 1.807) is 12.1 Å². The monoisotopic (exact) mass is 350 g/mol. The highest BCUT2D eigenvalue weighted by Gasteiger charge is 2.33. The van der Waals surface area contributed by atoms with Gasteiger partial charge in [-0.1, -0.05) is 12.1 Å². The van der Waals surface area contributed by atoms with E-state index in [0.29, 0.717) is 19.1 Å². The van der Waals surface area contributed by atoms with Crippen LogP contribution in [0.2, 0.25) is 0 Å². The van der Waals surface area contributed by atoms with Gasteiger partial charge < -0.3 is 14.8 Å². The Balaban J connectivity index is 1.48. The molecule has 3 rings (SSSR count). The van der Waals surface area contributed by atoms with Crippen LogP contribution in [-0.4, -0.2) is 49.4 Å². The molecule has 2 heterocycles. The predicted octanol–water partition coefficient (Wildman–Crippen LogP) is 2.48. The summed E-state index contributed by atoms with van der Waals surface area (Å²) >= 11 is 0. The number of carbonyl (C=O) groups excluding carboxylic acids is 1. The first-order valence-corrected chi connectivity index (χ1v) is 9.07. The van der Waals surface area contributed by atoms with Crippen LogP contribution in [0, 0.1) is 11.7 Å². The van der Waals surface area contributed by atoms with Gasteiger partial charge in [0.2, 0.25) is 5.91 Å². The first-order chi connectivity index (χ1) is 12.0. The van der Waals surface area contributed by atoms with Gasteiger partial charge in [-0.2, -0.15) is 0 Å². The van der Waals surface area contributed by atoms with Crippen LogP contribution in [0.5, 0.6) is 0 Å². The molecule has 1 amide bonds. The number of carbonyl (C=O) groups is 1. The fourth-order valence-corrected chi connectivity index (χ4v) is 3.56. The number of piperidine rings is 1. The Labute approximate surface area is 148 Å². The second-order valence-electron chi connectivity index (χ2n) is 6.94. The van der Waals surface area contributed by atoms with Crippen LogP contribution in [0.1, 0.15) is 38.3 Å². The zero-order valence-electron chi connectivity index (χ0n) is 14.9. The fraction of sp³-hybridized carbons (Fsp3) is 0.632. The van der Waals surface area contributed by atoms with E-state index in [-0.39, 0.29) is 30.1 Å². The SMILES string of the molecule is CC(NC(=O)C(C)N1CCC(C2OCCO2)CC1)c1ccc(F)cc1. The molecular weight excluding hydrogens is 323 g/mol. The number of amides is 1. The standard InChI is InChI=1S/C19H27FN2O3/c1-13(15-3-5-17(20)6-4-15)21-18(23)14(2)22-9-7-16(8-10-22)19-24-11-12-25-19/h3-6,13-14,16,19H,7-12H2,1-2H3,(H,21,23). The highest BCUT2D eigenvalue weighted by atomic mass is 19.1. The largest absolute Gasteiger partial charge is 0.350 e. The molecule has 0 radical (unpaired) electrons. The Hall–Kier alpha value is -1.50. The molecule has 1 N–H and O–H groups in total. The molecule has 0 spiro atoms. The number of rotatable bonds is 5. The van der Waals surface area contributed by atoms with Crippen molar-refractivity contribution in [1.29, 1.82) is 0 Å². The summed E-state index contributed by atoms with van der Waals surface area (Å²) in [7, 11) is 0. The van der Waals surface area contributed by atoms with Crippen molar-refractivity contribution < 1.29 is 18.7 Å². The minimum atomic E-state index is -0.270. The average molecular weight is 350 g/mol. The number of nitrogens with one attached hydrogen (secondary N) is 1. The molecule has 2 atom stereocenters. The number of nitrogens with zero attached hydrogens (tertiary/aromatic N) is 1. The van der Waals surface area contributed by atoms with E-state index in [9.17, 15) is 9.18 Å². The molecule has 0 aliphatic carbocycles. The zero-order valence-corrected chi connectivity index (χ0v) is 14.9. The Morgan fingerprint density at radius 1 is 1.16 bits per heavy atom. The van der Waals surface area contributed by atoms with Crippen molar-refractivity contribution in [3.8, 4) is 0 Å². The van der Waals surface area contributed by atoms with Crippen molar-refractivity contribution >= 4 is 5.91 Å². The normalized spacial score (nSPS) is 22.7. The summed E-state index contributed by atoms with van der Waals surface area (Å²) in [6.07, 6.45) is 1.90. The molecule has 2 aliphatic rings. The second-order valence-corrected chi connectivity index (χ2v) is 6.94. The van der Waals surface area contributed by atoms with E-state index in [1.165, 1.54) is 12.1 Å². The summed E-state index contributed by atoms with van der Waals surface area (Å²) in [6, 6.07) is 5.91. The van der Waals surface area contributed by atoms with E-state index >= 15 is 0 Å². The molecular formula is C19H27FN2O3. The minimum absolute atomic E-state index is 0.00337. The molecule has 5 nitrogen and oxygen atoms in total. The molecule has 25 heavy (non-hydrogen) atoms. The van der Waals surface area contributed by atoms with Crippen molar-refractivity contribution in [3.63, 3.8) is 0 Å². The Morgan fingerprint density at radius 3 is 2.36 bits per heavy atom. The summed E-state index contributed by atoms with van der Waals surface area (Å²) in [5, 5.41) is 3.03. The molecule has 0 aromatic heterocycles. The van der Waals surface area contributed by atoms with Crippen LogP contribution in [0.15, 0.2) is 24.3 Å². The maximum Gasteiger partial charge on any atom is 0.237 e. The molecule has 2 aliphatic heterocycles. The van der Waals surface area contributed by atoms with Crippen LogP contribution < -0.4 is 5.32 Å². The topological polar surface area (TPSA) is 50.8 Å². The minimum Gasteiger partial charge on any atom is -0.350 e. The quantitative estimate of drug-likeness (QED) is 0.886. The van der Waals surface area contributed by atoms with Gasteiger partial charge in [0, 0.05) is 5.92 Å². The van der Waals surface area contributed by atoms with Gasteiger partial charge in [0.1, 0.15) is 5.82 Å². The summed E-state index contributed by atoms with van der Waals surface area (Å²) < 4.78 is 24.2. The first-order valence-electron chi connectivity index (χ1n) is 9.07. The zero-order chi connectivity index (χ0) is 17.8. The lowest BCUT2D eigenvalue weighted by Gasteiger charge is -2.37. The van der Waals surface area contributed by atoms with Gasteiger partial charge in [0.15, 0.2) is 6.29 Å². The average Bonchev–Trinajstić information content (AvgIpc) is 3.16. The third kappa shape index (κ3) is 4.57. The molecule has 2 unspecified atom stereocenters. The van der Waals surface area contributed by atoms with Crippen molar-refractivity contribution in [2.45, 2.75) is 45.1 Å². The highest BCUT2D eigenvalue weighted by molar-refractivity contribution is 5.81. The van der Waals surface area contributed by atoms with Crippen molar-refractivity contribution in [2.24, 2.45) is 5.92 Å². The lowest BCUT2D eigenvalue weighted by atomic mass is 9.95. The van der Waals surface area contributed by atoms with Crippen LogP contribution in [0.25, 0.3) is 0 Å². The van der Waals surface area contributed by atoms with Gasteiger partial charge in [0.25, 0.3) is 0 Å². The van der Waals surface area contributed by atoms with Crippen LogP contribution in [0.4, 0.5) is 4.39 Å². The maximum absolute atomic E-state index is 13.0. The number of likely N-dealkylation sites (tertiary alicyclic amines) is 1. The third-order valence-electron chi connectivity index (χ3n) is 5.26. The summed E-state index contributed by atoms with van der Waals surface area (Å²) in [6.45, 7) is 6.96. The fourth-order valence-electron chi connectivity index (χ4n) is 3.56. The second kappa shape index (κ2) is 8.25. The van der Waals surface area contributed by atoms with E-state index in [4.69, 9.17) is 9.47 Å². The van der Waals surface area contributed by atoms with Crippen LogP contribution in [-0.2, 0) is 14.3 Å². The molecule has 2 saturated heterocycles. The Morgan fingerprint density at radius 2 is 1.76 bits per heavy atom. The Kier molecular flexibility index (Phi) is 6.04. The van der Waals surface area contributed by atoms with Gasteiger partial charge in [-0.05, 0) is 57.5 Å². The number of ether oxygens (including phenoxy) is 2. The van der Waals surface area contributed by atoms with E-state index < -0.39 is 0 Å². The molecule has 1 aromatic rings. The Bertz CT molecular complexity index is 567. The van der Waals surface area contributed by atoms with E-state index in [0.717, 1.165) is 31.5 Å². The van der Waals surface area contributed by atoms with Crippen LogP contribution in [0.3, 0.4) is 0 Å². The number of benzene rings is 1. The summed E-state index contributed by atoms with van der Waals surface area (Å²) in [5.41, 5.74) is 0.899. The molecule has 0 saturated carbocycles. The molecule has 0 bridgehead atoms. The predicted molar refractivity (Wildman–Crippen MR) is 92.4 cm³/mol. The molecule has 6 heteroatoms. The summed E-state index contributed by atoms with van der Waals surface area (Å²) in [5.74, 6) is 0.157. The number of hydrogen-bond donors (Lipinski definition) is 1. The summed E-state index contributed by atoms with van der Waals surface area (Å²) in [4.78, 5) is 14.8.